The van der Waals surface area contributed by atoms with Crippen LogP contribution in [0.5, 0.6) is 0 Å². The molecule has 0 radical (unpaired) electrons. The smallest absolute Gasteiger partial charge is 0.421 e. The molecule has 0 aliphatic carbocycles. The maximum Gasteiger partial charge on any atom is 0.421 e. The molecule has 114 valence electrons. The van der Waals surface area contributed by atoms with Gasteiger partial charge < -0.3 is 4.74 Å². The average Bonchev–Trinajstić information content (AvgIpc) is 2.61. The third kappa shape index (κ3) is 3.52. The Bertz CT molecular complexity index is 855. The SMILES string of the molecule is O=C(OCc1ccc(-c2ccncc2)cc1)n1ccccc1=O. The number of nitrogens with zero attached hydrogens (tertiary/aromatic N) is 2. The fourth-order valence-corrected chi connectivity index (χ4v) is 2.13. The lowest BCUT2D eigenvalue weighted by Crippen LogP contribution is -2.26. The highest BCUT2D eigenvalue weighted by atomic mass is 16.5. The number of carbonyl (C=O) groups is 1. The van der Waals surface area contributed by atoms with E-state index in [1.165, 1.54) is 12.3 Å². The first-order chi connectivity index (χ1) is 11.2. The molecule has 0 saturated carbocycles. The van der Waals surface area contributed by atoms with Crippen LogP contribution in [-0.4, -0.2) is 15.6 Å². The first kappa shape index (κ1) is 14.7. The zero-order chi connectivity index (χ0) is 16.1. The Morgan fingerprint density at radius 3 is 2.35 bits per heavy atom. The van der Waals surface area contributed by atoms with Crippen molar-refractivity contribution in [2.45, 2.75) is 6.61 Å². The third-order valence-corrected chi connectivity index (χ3v) is 3.35. The number of ether oxygens (including phenoxy) is 1. The van der Waals surface area contributed by atoms with E-state index in [1.54, 1.807) is 24.5 Å². The molecule has 2 aromatic heterocycles. The van der Waals surface area contributed by atoms with Gasteiger partial charge >= 0.3 is 6.09 Å². The summed E-state index contributed by atoms with van der Waals surface area (Å²) >= 11 is 0. The van der Waals surface area contributed by atoms with Crippen molar-refractivity contribution < 1.29 is 9.53 Å². The molecule has 0 saturated heterocycles. The second kappa shape index (κ2) is 6.70. The first-order valence-electron chi connectivity index (χ1n) is 7.08. The van der Waals surface area contributed by atoms with Gasteiger partial charge in [-0.05, 0) is 34.9 Å². The van der Waals surface area contributed by atoms with E-state index in [0.717, 1.165) is 21.3 Å². The van der Waals surface area contributed by atoms with Crippen molar-refractivity contribution in [3.63, 3.8) is 0 Å². The van der Waals surface area contributed by atoms with E-state index in [1.807, 2.05) is 36.4 Å². The van der Waals surface area contributed by atoms with Crippen LogP contribution in [0.25, 0.3) is 11.1 Å². The van der Waals surface area contributed by atoms with E-state index in [9.17, 15) is 9.59 Å². The summed E-state index contributed by atoms with van der Waals surface area (Å²) in [5, 5.41) is 0. The summed E-state index contributed by atoms with van der Waals surface area (Å²) in [5.74, 6) is 0. The monoisotopic (exact) mass is 306 g/mol. The number of rotatable bonds is 3. The van der Waals surface area contributed by atoms with Crippen molar-refractivity contribution in [3.05, 3.63) is 89.1 Å². The molecular formula is C18H14N2O3. The van der Waals surface area contributed by atoms with E-state index in [2.05, 4.69) is 4.98 Å². The van der Waals surface area contributed by atoms with E-state index < -0.39 is 11.7 Å². The lowest BCUT2D eigenvalue weighted by Gasteiger charge is -2.07. The predicted octanol–water partition coefficient (Wildman–Crippen LogP) is 3.10. The standard InChI is InChI=1S/C18H14N2O3/c21-17-3-1-2-12-20(17)18(22)23-13-14-4-6-15(7-5-14)16-8-10-19-11-9-16/h1-12H,13H2. The molecule has 23 heavy (non-hydrogen) atoms. The van der Waals surface area contributed by atoms with Gasteiger partial charge in [-0.1, -0.05) is 30.3 Å². The van der Waals surface area contributed by atoms with Gasteiger partial charge in [0.1, 0.15) is 6.61 Å². The Labute approximate surface area is 132 Å². The van der Waals surface area contributed by atoms with E-state index in [0.29, 0.717) is 0 Å². The Balaban J connectivity index is 1.66. The molecule has 0 amide bonds. The quantitative estimate of drug-likeness (QED) is 0.746. The highest BCUT2D eigenvalue weighted by Gasteiger charge is 2.07. The molecule has 0 aliphatic heterocycles. The summed E-state index contributed by atoms with van der Waals surface area (Å²) in [6.07, 6.45) is 4.18. The largest absolute Gasteiger partial charge is 0.444 e. The molecule has 0 fully saturated rings. The molecule has 0 bridgehead atoms. The number of benzene rings is 1. The third-order valence-electron chi connectivity index (χ3n) is 3.35. The molecule has 2 heterocycles. The summed E-state index contributed by atoms with van der Waals surface area (Å²) in [6, 6.07) is 16.0. The van der Waals surface area contributed by atoms with Gasteiger partial charge in [0.2, 0.25) is 0 Å². The zero-order valence-electron chi connectivity index (χ0n) is 12.3. The molecule has 0 spiro atoms. The van der Waals surface area contributed by atoms with Crippen LogP contribution >= 0.6 is 0 Å². The van der Waals surface area contributed by atoms with Crippen LogP contribution in [0.2, 0.25) is 0 Å². The number of hydrogen-bond donors (Lipinski definition) is 0. The van der Waals surface area contributed by atoms with Crippen molar-refractivity contribution in [1.82, 2.24) is 9.55 Å². The van der Waals surface area contributed by atoms with Crippen molar-refractivity contribution in [2.24, 2.45) is 0 Å². The van der Waals surface area contributed by atoms with Crippen LogP contribution in [0, 0.1) is 0 Å². The molecule has 5 heteroatoms. The van der Waals surface area contributed by atoms with Crippen LogP contribution < -0.4 is 5.56 Å². The van der Waals surface area contributed by atoms with E-state index in [-0.39, 0.29) is 6.61 Å². The minimum Gasteiger partial charge on any atom is -0.444 e. The van der Waals surface area contributed by atoms with Crippen molar-refractivity contribution in [3.8, 4) is 11.1 Å². The van der Waals surface area contributed by atoms with Gasteiger partial charge in [0, 0.05) is 24.7 Å². The van der Waals surface area contributed by atoms with Crippen molar-refractivity contribution in [1.29, 1.82) is 0 Å². The van der Waals surface area contributed by atoms with Gasteiger partial charge in [-0.3, -0.25) is 9.78 Å². The Morgan fingerprint density at radius 2 is 1.65 bits per heavy atom. The minimum atomic E-state index is -0.686. The van der Waals surface area contributed by atoms with Crippen LogP contribution in [0.3, 0.4) is 0 Å². The second-order valence-electron chi connectivity index (χ2n) is 4.90. The molecule has 5 nitrogen and oxygen atoms in total. The number of pyridine rings is 2. The average molecular weight is 306 g/mol. The molecule has 3 rings (SSSR count). The Kier molecular flexibility index (Phi) is 4.29. The van der Waals surface area contributed by atoms with Crippen LogP contribution in [0.4, 0.5) is 4.79 Å². The second-order valence-corrected chi connectivity index (χ2v) is 4.90. The van der Waals surface area contributed by atoms with Gasteiger partial charge in [-0.2, -0.15) is 0 Å². The molecule has 3 aromatic rings. The van der Waals surface area contributed by atoms with Gasteiger partial charge in [0.25, 0.3) is 5.56 Å². The van der Waals surface area contributed by atoms with E-state index in [4.69, 9.17) is 4.74 Å². The Morgan fingerprint density at radius 1 is 0.957 bits per heavy atom. The minimum absolute atomic E-state index is 0.108. The fraction of sp³-hybridized carbons (Fsp3) is 0.0556. The highest BCUT2D eigenvalue weighted by Crippen LogP contribution is 2.18. The topological polar surface area (TPSA) is 61.2 Å². The number of aromatic nitrogens is 2. The van der Waals surface area contributed by atoms with Gasteiger partial charge in [0.05, 0.1) is 0 Å². The lowest BCUT2D eigenvalue weighted by atomic mass is 10.1. The zero-order valence-corrected chi connectivity index (χ0v) is 12.3. The predicted molar refractivity (Wildman–Crippen MR) is 86.0 cm³/mol. The fourth-order valence-electron chi connectivity index (χ4n) is 2.13. The molecule has 0 N–H and O–H groups in total. The number of hydrogen-bond acceptors (Lipinski definition) is 4. The molecule has 0 aliphatic rings. The summed E-state index contributed by atoms with van der Waals surface area (Å²) in [5.41, 5.74) is 2.56. The van der Waals surface area contributed by atoms with Crippen molar-refractivity contribution >= 4 is 6.09 Å². The summed E-state index contributed by atoms with van der Waals surface area (Å²) in [4.78, 5) is 27.4. The maximum absolute atomic E-state index is 11.9. The van der Waals surface area contributed by atoms with Crippen LogP contribution in [0.1, 0.15) is 5.56 Å². The van der Waals surface area contributed by atoms with E-state index >= 15 is 0 Å². The lowest BCUT2D eigenvalue weighted by molar-refractivity contribution is 0.140. The normalized spacial score (nSPS) is 10.3. The summed E-state index contributed by atoms with van der Waals surface area (Å²) in [7, 11) is 0. The van der Waals surface area contributed by atoms with Gasteiger partial charge in [0.15, 0.2) is 0 Å². The Hall–Kier alpha value is -3.21. The molecule has 0 unspecified atom stereocenters. The maximum atomic E-state index is 11.9. The van der Waals surface area contributed by atoms with Gasteiger partial charge in [-0.25, -0.2) is 9.36 Å². The van der Waals surface area contributed by atoms with Crippen LogP contribution in [0.15, 0.2) is 78.0 Å². The van der Waals surface area contributed by atoms with Crippen molar-refractivity contribution in [2.75, 3.05) is 0 Å². The summed E-state index contributed by atoms with van der Waals surface area (Å²) in [6.45, 7) is 0.108. The number of carbonyl (C=O) groups excluding carboxylic acids is 1. The molecule has 0 atom stereocenters. The molecule has 1 aromatic carbocycles. The van der Waals surface area contributed by atoms with Gasteiger partial charge in [-0.15, -0.1) is 0 Å². The highest BCUT2D eigenvalue weighted by molar-refractivity contribution is 5.70. The first-order valence-corrected chi connectivity index (χ1v) is 7.08. The summed E-state index contributed by atoms with van der Waals surface area (Å²) < 4.78 is 6.09. The van der Waals surface area contributed by atoms with Crippen LogP contribution in [-0.2, 0) is 11.3 Å². The molecular weight excluding hydrogens is 292 g/mol.